The molecule has 0 radical (unpaired) electrons. The molecule has 16 heavy (non-hydrogen) atoms. The lowest BCUT2D eigenvalue weighted by molar-refractivity contribution is 0.646. The van der Waals surface area contributed by atoms with Crippen molar-refractivity contribution >= 4 is 15.9 Å². The molecule has 0 bridgehead atoms. The van der Waals surface area contributed by atoms with Crippen molar-refractivity contribution in [3.8, 4) is 12.1 Å². The summed E-state index contributed by atoms with van der Waals surface area (Å²) in [6.45, 7) is 4.24. The van der Waals surface area contributed by atoms with Crippen molar-refractivity contribution in [2.24, 2.45) is 5.92 Å². The largest absolute Gasteiger partial charge is 0.198 e. The summed E-state index contributed by atoms with van der Waals surface area (Å²) in [7, 11) is 0. The quantitative estimate of drug-likeness (QED) is 0.847. The zero-order valence-corrected chi connectivity index (χ0v) is 11.0. The van der Waals surface area contributed by atoms with Crippen LogP contribution in [-0.4, -0.2) is 0 Å². The molecule has 0 saturated heterocycles. The summed E-state index contributed by atoms with van der Waals surface area (Å²) < 4.78 is 0.845. The Kier molecular flexibility index (Phi) is 4.52. The van der Waals surface area contributed by atoms with Gasteiger partial charge in [-0.05, 0) is 29.5 Å². The van der Waals surface area contributed by atoms with Gasteiger partial charge in [-0.1, -0.05) is 35.8 Å². The molecule has 82 valence electrons. The Morgan fingerprint density at radius 1 is 1.25 bits per heavy atom. The fourth-order valence-corrected chi connectivity index (χ4v) is 2.09. The van der Waals surface area contributed by atoms with E-state index >= 15 is 0 Å². The smallest absolute Gasteiger partial charge is 0.0994 e. The van der Waals surface area contributed by atoms with Crippen LogP contribution in [0.2, 0.25) is 0 Å². The van der Waals surface area contributed by atoms with E-state index in [1.807, 2.05) is 12.1 Å². The lowest BCUT2D eigenvalue weighted by Gasteiger charge is -2.10. The molecule has 0 amide bonds. The molecule has 0 aliphatic heterocycles. The molecule has 0 spiro atoms. The van der Waals surface area contributed by atoms with E-state index < -0.39 is 0 Å². The second-order valence-corrected chi connectivity index (χ2v) is 5.00. The highest BCUT2D eigenvalue weighted by molar-refractivity contribution is 9.10. The van der Waals surface area contributed by atoms with Crippen LogP contribution in [-0.2, 0) is 12.8 Å². The van der Waals surface area contributed by atoms with E-state index in [9.17, 15) is 0 Å². The summed E-state index contributed by atoms with van der Waals surface area (Å²) in [6.07, 6.45) is 1.24. The van der Waals surface area contributed by atoms with Gasteiger partial charge in [0.05, 0.1) is 24.1 Å². The molecule has 0 aliphatic rings. The van der Waals surface area contributed by atoms with Gasteiger partial charge in [0.1, 0.15) is 0 Å². The number of hydrogen-bond donors (Lipinski definition) is 0. The number of rotatable bonds is 3. The number of hydrogen-bond acceptors (Lipinski definition) is 2. The molecule has 1 aromatic carbocycles. The second kappa shape index (κ2) is 5.68. The lowest BCUT2D eigenvalue weighted by atomic mass is 9.96. The van der Waals surface area contributed by atoms with Gasteiger partial charge in [0.2, 0.25) is 0 Å². The lowest BCUT2D eigenvalue weighted by Crippen LogP contribution is -1.99. The number of nitrogens with zero attached hydrogens (tertiary/aromatic N) is 2. The van der Waals surface area contributed by atoms with E-state index in [4.69, 9.17) is 10.5 Å². The molecule has 1 rings (SSSR count). The average molecular weight is 277 g/mol. The molecular formula is C13H13BrN2. The van der Waals surface area contributed by atoms with Gasteiger partial charge in [-0.15, -0.1) is 0 Å². The maximum atomic E-state index is 9.04. The van der Waals surface area contributed by atoms with Crippen LogP contribution in [0.1, 0.15) is 30.5 Å². The van der Waals surface area contributed by atoms with Crippen molar-refractivity contribution in [3.05, 3.63) is 33.3 Å². The zero-order chi connectivity index (χ0) is 12.1. The Balaban J connectivity index is 3.20. The monoisotopic (exact) mass is 276 g/mol. The molecule has 0 saturated carbocycles. The van der Waals surface area contributed by atoms with Crippen LogP contribution in [0.15, 0.2) is 16.6 Å². The van der Waals surface area contributed by atoms with Gasteiger partial charge in [-0.2, -0.15) is 10.5 Å². The predicted molar refractivity (Wildman–Crippen MR) is 66.7 cm³/mol. The Morgan fingerprint density at radius 3 is 2.44 bits per heavy atom. The fraction of sp³-hybridized carbons (Fsp3) is 0.385. The van der Waals surface area contributed by atoms with E-state index in [0.29, 0.717) is 17.9 Å². The van der Waals surface area contributed by atoms with Crippen molar-refractivity contribution in [1.29, 1.82) is 10.5 Å². The van der Waals surface area contributed by atoms with Gasteiger partial charge < -0.3 is 0 Å². The summed E-state index contributed by atoms with van der Waals surface area (Å²) >= 11 is 3.39. The van der Waals surface area contributed by atoms with Gasteiger partial charge in [-0.3, -0.25) is 0 Å². The highest BCUT2D eigenvalue weighted by atomic mass is 79.9. The Bertz CT molecular complexity index is 464. The number of benzene rings is 1. The Labute approximate surface area is 105 Å². The first-order chi connectivity index (χ1) is 7.58. The zero-order valence-electron chi connectivity index (χ0n) is 9.42. The van der Waals surface area contributed by atoms with Crippen molar-refractivity contribution in [2.75, 3.05) is 0 Å². The van der Waals surface area contributed by atoms with Crippen molar-refractivity contribution in [1.82, 2.24) is 0 Å². The van der Waals surface area contributed by atoms with E-state index in [2.05, 4.69) is 41.9 Å². The fourth-order valence-electron chi connectivity index (χ4n) is 1.60. The molecule has 1 aromatic rings. The number of halogens is 1. The summed E-state index contributed by atoms with van der Waals surface area (Å²) in [6, 6.07) is 8.10. The molecule has 0 aliphatic carbocycles. The molecule has 2 nitrogen and oxygen atoms in total. The van der Waals surface area contributed by atoms with Crippen molar-refractivity contribution < 1.29 is 0 Å². The van der Waals surface area contributed by atoms with Crippen molar-refractivity contribution in [3.63, 3.8) is 0 Å². The molecule has 3 heteroatoms. The van der Waals surface area contributed by atoms with E-state index in [1.165, 1.54) is 0 Å². The van der Waals surface area contributed by atoms with Gasteiger partial charge in [-0.25, -0.2) is 0 Å². The molecule has 0 N–H and O–H groups in total. The maximum Gasteiger partial charge on any atom is 0.0994 e. The Morgan fingerprint density at radius 2 is 1.94 bits per heavy atom. The topological polar surface area (TPSA) is 47.6 Å². The van der Waals surface area contributed by atoms with Crippen LogP contribution in [0.3, 0.4) is 0 Å². The van der Waals surface area contributed by atoms with Crippen molar-refractivity contribution in [2.45, 2.75) is 26.7 Å². The van der Waals surface area contributed by atoms with Gasteiger partial charge in [0.25, 0.3) is 0 Å². The minimum Gasteiger partial charge on any atom is -0.198 e. The summed E-state index contributed by atoms with van der Waals surface area (Å²) in [5.74, 6) is 0.503. The third-order valence-corrected chi connectivity index (χ3v) is 3.03. The van der Waals surface area contributed by atoms with E-state index in [1.54, 1.807) is 0 Å². The molecule has 0 heterocycles. The summed E-state index contributed by atoms with van der Waals surface area (Å²) in [5.41, 5.74) is 2.69. The predicted octanol–water partition coefficient (Wildman–Crippen LogP) is 3.59. The van der Waals surface area contributed by atoms with Crippen LogP contribution in [0.5, 0.6) is 0 Å². The molecule has 0 atom stereocenters. The first-order valence-electron chi connectivity index (χ1n) is 5.16. The minimum atomic E-state index is 0.372. The van der Waals surface area contributed by atoms with Crippen LogP contribution < -0.4 is 0 Å². The molecule has 0 fully saturated rings. The molecular weight excluding hydrogens is 264 g/mol. The SMILES string of the molecule is CC(C)Cc1cc(CC#N)c(Br)cc1C#N. The third-order valence-electron chi connectivity index (χ3n) is 2.29. The normalized spacial score (nSPS) is 9.88. The Hall–Kier alpha value is -1.32. The summed E-state index contributed by atoms with van der Waals surface area (Å²) in [5, 5.41) is 17.7. The van der Waals surface area contributed by atoms with Gasteiger partial charge in [0, 0.05) is 4.47 Å². The van der Waals surface area contributed by atoms with E-state index in [-0.39, 0.29) is 0 Å². The van der Waals surface area contributed by atoms with E-state index in [0.717, 1.165) is 22.0 Å². The van der Waals surface area contributed by atoms with Gasteiger partial charge >= 0.3 is 0 Å². The first-order valence-corrected chi connectivity index (χ1v) is 5.96. The standard InChI is InChI=1S/C13H13BrN2/c1-9(2)5-11-6-10(3-4-15)13(14)7-12(11)8-16/h6-7,9H,3,5H2,1-2H3. The first kappa shape index (κ1) is 12.7. The second-order valence-electron chi connectivity index (χ2n) is 4.15. The van der Waals surface area contributed by atoms with Crippen LogP contribution >= 0.6 is 15.9 Å². The molecule has 0 aromatic heterocycles. The average Bonchev–Trinajstić information content (AvgIpc) is 2.22. The van der Waals surface area contributed by atoms with Gasteiger partial charge in [0.15, 0.2) is 0 Å². The number of nitriles is 2. The van der Waals surface area contributed by atoms with Crippen LogP contribution in [0, 0.1) is 28.6 Å². The molecule has 0 unspecified atom stereocenters. The summed E-state index contributed by atoms with van der Waals surface area (Å²) in [4.78, 5) is 0. The third kappa shape index (κ3) is 3.08. The highest BCUT2D eigenvalue weighted by Crippen LogP contribution is 2.24. The van der Waals surface area contributed by atoms with Crippen LogP contribution in [0.25, 0.3) is 0 Å². The minimum absolute atomic E-state index is 0.372. The highest BCUT2D eigenvalue weighted by Gasteiger charge is 2.09. The van der Waals surface area contributed by atoms with Crippen LogP contribution in [0.4, 0.5) is 0 Å². The maximum absolute atomic E-state index is 9.04.